The van der Waals surface area contributed by atoms with Gasteiger partial charge in [0.25, 0.3) is 10.0 Å². The highest BCUT2D eigenvalue weighted by Gasteiger charge is 2.43. The van der Waals surface area contributed by atoms with E-state index in [0.29, 0.717) is 38.4 Å². The normalized spacial score (nSPS) is 16.2. The largest absolute Gasteiger partial charge is 0.455 e. The maximum Gasteiger partial charge on any atom is 0.357 e. The van der Waals surface area contributed by atoms with Crippen molar-refractivity contribution in [3.05, 3.63) is 88.0 Å². The predicted molar refractivity (Wildman–Crippen MR) is 135 cm³/mol. The minimum absolute atomic E-state index is 0.0794. The van der Waals surface area contributed by atoms with Crippen LogP contribution in [0.1, 0.15) is 31.9 Å². The highest BCUT2D eigenvalue weighted by Crippen LogP contribution is 2.46. The zero-order valence-corrected chi connectivity index (χ0v) is 21.6. The Balaban J connectivity index is 1.89. The molecule has 180 valence electrons. The first-order valence-electron chi connectivity index (χ1n) is 10.8. The molecule has 0 atom stereocenters. The molecule has 0 aromatic heterocycles. The van der Waals surface area contributed by atoms with Crippen molar-refractivity contribution in [1.29, 1.82) is 0 Å². The smallest absolute Gasteiger partial charge is 0.357 e. The Labute approximate surface area is 212 Å². The van der Waals surface area contributed by atoms with Gasteiger partial charge in [0, 0.05) is 15.6 Å². The Kier molecular flexibility index (Phi) is 5.64. The van der Waals surface area contributed by atoms with Crippen molar-refractivity contribution >= 4 is 43.2 Å². The molecule has 0 N–H and O–H groups in total. The lowest BCUT2D eigenvalue weighted by Crippen LogP contribution is -2.40. The zero-order chi connectivity index (χ0) is 25.0. The standard InChI is InChI=1S/C26H22BrNO6S/c1-26(2,3)34-25(29)24-23(16-12-13-20-21(14-16)33-15-32-20)17-8-4-7-11-22(17)35(30,31)28(24)19-10-6-5-9-18(19)27/h4-14H,15H2,1-3H3. The molecule has 9 heteroatoms. The number of rotatable bonds is 3. The Bertz CT molecular complexity index is 1490. The number of fused-ring (bicyclic) bond motifs is 2. The number of esters is 1. The number of para-hydroxylation sites is 1. The van der Waals surface area contributed by atoms with E-state index in [-0.39, 0.29) is 17.4 Å². The molecular formula is C26H22BrNO6S. The van der Waals surface area contributed by atoms with Gasteiger partial charge in [0.15, 0.2) is 17.2 Å². The molecule has 5 rings (SSSR count). The quantitative estimate of drug-likeness (QED) is 0.397. The van der Waals surface area contributed by atoms with Crippen molar-refractivity contribution < 1.29 is 27.4 Å². The van der Waals surface area contributed by atoms with Crippen LogP contribution in [-0.4, -0.2) is 26.8 Å². The third-order valence-corrected chi connectivity index (χ3v) is 7.88. The number of sulfonamides is 1. The van der Waals surface area contributed by atoms with Crippen molar-refractivity contribution in [3.8, 4) is 11.5 Å². The van der Waals surface area contributed by atoms with Gasteiger partial charge in [-0.15, -0.1) is 0 Å². The van der Waals surface area contributed by atoms with Gasteiger partial charge >= 0.3 is 5.97 Å². The first-order chi connectivity index (χ1) is 16.6. The van der Waals surface area contributed by atoms with E-state index in [0.717, 1.165) is 4.31 Å². The summed E-state index contributed by atoms with van der Waals surface area (Å²) < 4.78 is 46.4. The van der Waals surface area contributed by atoms with Gasteiger partial charge < -0.3 is 14.2 Å². The lowest BCUT2D eigenvalue weighted by molar-refractivity contribution is -0.149. The summed E-state index contributed by atoms with van der Waals surface area (Å²) >= 11 is 3.46. The maximum absolute atomic E-state index is 14.0. The summed E-state index contributed by atoms with van der Waals surface area (Å²) in [6.45, 7) is 5.30. The van der Waals surface area contributed by atoms with E-state index >= 15 is 0 Å². The van der Waals surface area contributed by atoms with Gasteiger partial charge in [0.2, 0.25) is 6.79 Å². The Morgan fingerprint density at radius 3 is 2.40 bits per heavy atom. The molecule has 2 aliphatic heterocycles. The number of nitrogens with zero attached hydrogens (tertiary/aromatic N) is 1. The molecule has 3 aromatic carbocycles. The van der Waals surface area contributed by atoms with E-state index in [1.54, 1.807) is 81.4 Å². The third-order valence-electron chi connectivity index (χ3n) is 5.44. The molecule has 35 heavy (non-hydrogen) atoms. The lowest BCUT2D eigenvalue weighted by Gasteiger charge is -2.35. The number of benzene rings is 3. The fourth-order valence-corrected chi connectivity index (χ4v) is 6.37. The molecule has 0 amide bonds. The first kappa shape index (κ1) is 23.4. The second-order valence-corrected chi connectivity index (χ2v) is 11.6. The van der Waals surface area contributed by atoms with E-state index in [9.17, 15) is 13.2 Å². The number of carbonyl (C=O) groups is 1. The lowest BCUT2D eigenvalue weighted by atomic mass is 9.94. The zero-order valence-electron chi connectivity index (χ0n) is 19.2. The molecule has 0 fully saturated rings. The summed E-state index contributed by atoms with van der Waals surface area (Å²) in [7, 11) is -4.17. The molecule has 0 spiro atoms. The summed E-state index contributed by atoms with van der Waals surface area (Å²) in [5, 5.41) is 0. The van der Waals surface area contributed by atoms with Gasteiger partial charge in [-0.1, -0.05) is 36.4 Å². The SMILES string of the molecule is CC(C)(C)OC(=O)C1=C(c2ccc3c(c2)OCO3)c2ccccc2S(=O)(=O)N1c1ccccc1Br. The number of ether oxygens (including phenoxy) is 3. The average molecular weight is 556 g/mol. The van der Waals surface area contributed by atoms with E-state index in [1.165, 1.54) is 6.07 Å². The summed E-state index contributed by atoms with van der Waals surface area (Å²) in [4.78, 5) is 13.8. The van der Waals surface area contributed by atoms with Crippen molar-refractivity contribution in [3.63, 3.8) is 0 Å². The van der Waals surface area contributed by atoms with Gasteiger partial charge in [-0.3, -0.25) is 0 Å². The Hall–Kier alpha value is -3.30. The molecule has 3 aromatic rings. The van der Waals surface area contributed by atoms with Crippen LogP contribution in [0.15, 0.2) is 81.8 Å². The van der Waals surface area contributed by atoms with E-state index in [1.807, 2.05) is 0 Å². The van der Waals surface area contributed by atoms with Crippen LogP contribution >= 0.6 is 15.9 Å². The number of halogens is 1. The summed E-state index contributed by atoms with van der Waals surface area (Å²) in [6.07, 6.45) is 0. The average Bonchev–Trinajstić information content (AvgIpc) is 3.26. The molecule has 0 aliphatic carbocycles. The van der Waals surface area contributed by atoms with Crippen LogP contribution < -0.4 is 13.8 Å². The van der Waals surface area contributed by atoms with Crippen molar-refractivity contribution in [2.45, 2.75) is 31.3 Å². The van der Waals surface area contributed by atoms with Crippen LogP contribution in [-0.2, 0) is 19.6 Å². The summed E-state index contributed by atoms with van der Waals surface area (Å²) in [5.41, 5.74) is 0.735. The monoisotopic (exact) mass is 555 g/mol. The van der Waals surface area contributed by atoms with Crippen LogP contribution in [0.4, 0.5) is 5.69 Å². The van der Waals surface area contributed by atoms with Crippen LogP contribution in [0.5, 0.6) is 11.5 Å². The van der Waals surface area contributed by atoms with Crippen LogP contribution in [0, 0.1) is 0 Å². The molecule has 0 saturated heterocycles. The molecule has 0 bridgehead atoms. The second-order valence-electron chi connectivity index (χ2n) is 9.01. The van der Waals surface area contributed by atoms with Gasteiger partial charge in [-0.05, 0) is 72.6 Å². The highest BCUT2D eigenvalue weighted by molar-refractivity contribution is 9.10. The number of carbonyl (C=O) groups excluding carboxylic acids is 1. The van der Waals surface area contributed by atoms with Gasteiger partial charge in [0.05, 0.1) is 10.6 Å². The molecule has 7 nitrogen and oxygen atoms in total. The van der Waals surface area contributed by atoms with E-state index < -0.39 is 21.6 Å². The number of hydrogen-bond donors (Lipinski definition) is 0. The molecular weight excluding hydrogens is 534 g/mol. The molecule has 0 unspecified atom stereocenters. The number of hydrogen-bond acceptors (Lipinski definition) is 6. The fourth-order valence-electron chi connectivity index (χ4n) is 4.07. The summed E-state index contributed by atoms with van der Waals surface area (Å²) in [6, 6.07) is 18.7. The van der Waals surface area contributed by atoms with Crippen molar-refractivity contribution in [1.82, 2.24) is 0 Å². The summed E-state index contributed by atoms with van der Waals surface area (Å²) in [5.74, 6) is 0.323. The molecule has 0 saturated carbocycles. The van der Waals surface area contributed by atoms with Crippen LogP contribution in [0.2, 0.25) is 0 Å². The van der Waals surface area contributed by atoms with Crippen LogP contribution in [0.25, 0.3) is 5.57 Å². The maximum atomic E-state index is 14.0. The van der Waals surface area contributed by atoms with Gasteiger partial charge in [-0.25, -0.2) is 17.5 Å². The third kappa shape index (κ3) is 4.08. The Morgan fingerprint density at radius 2 is 1.66 bits per heavy atom. The highest BCUT2D eigenvalue weighted by atomic mass is 79.9. The van der Waals surface area contributed by atoms with Gasteiger partial charge in [0.1, 0.15) is 5.60 Å². The minimum Gasteiger partial charge on any atom is -0.455 e. The molecule has 2 aliphatic rings. The first-order valence-corrected chi connectivity index (χ1v) is 13.1. The van der Waals surface area contributed by atoms with Crippen molar-refractivity contribution in [2.75, 3.05) is 11.1 Å². The van der Waals surface area contributed by atoms with Crippen molar-refractivity contribution in [2.24, 2.45) is 0 Å². The molecule has 2 heterocycles. The number of anilines is 1. The molecule has 0 radical (unpaired) electrons. The van der Waals surface area contributed by atoms with Crippen LogP contribution in [0.3, 0.4) is 0 Å². The fraction of sp³-hybridized carbons (Fsp3) is 0.192. The second kappa shape index (κ2) is 8.42. The minimum atomic E-state index is -4.17. The van der Waals surface area contributed by atoms with Gasteiger partial charge in [-0.2, -0.15) is 0 Å². The topological polar surface area (TPSA) is 82.1 Å². The van der Waals surface area contributed by atoms with E-state index in [4.69, 9.17) is 14.2 Å². The van der Waals surface area contributed by atoms with E-state index in [2.05, 4.69) is 15.9 Å². The predicted octanol–water partition coefficient (Wildman–Crippen LogP) is 5.49. The Morgan fingerprint density at radius 1 is 0.971 bits per heavy atom.